The first-order valence-electron chi connectivity index (χ1n) is 6.69. The predicted molar refractivity (Wildman–Crippen MR) is 77.6 cm³/mol. The van der Waals surface area contributed by atoms with Crippen LogP contribution in [-0.4, -0.2) is 12.6 Å². The van der Waals surface area contributed by atoms with Gasteiger partial charge in [0, 0.05) is 24.0 Å². The quantitative estimate of drug-likeness (QED) is 0.596. The second-order valence-electron chi connectivity index (χ2n) is 5.04. The largest absolute Gasteiger partial charge is 0.399 e. The molecule has 0 fully saturated rings. The van der Waals surface area contributed by atoms with E-state index in [1.54, 1.807) is 0 Å². The van der Waals surface area contributed by atoms with Crippen molar-refractivity contribution >= 4 is 11.4 Å². The van der Waals surface area contributed by atoms with Crippen LogP contribution >= 0.6 is 0 Å². The summed E-state index contributed by atoms with van der Waals surface area (Å²) in [6.45, 7) is 9.95. The Kier molecular flexibility index (Phi) is 5.33. The molecule has 0 atom stereocenters. The number of unbranched alkanes of at least 4 members (excludes halogenated alkanes) is 2. The number of rotatable bonds is 6. The number of anilines is 2. The predicted octanol–water partition coefficient (Wildman–Crippen LogP) is 3.98. The van der Waals surface area contributed by atoms with Crippen LogP contribution in [-0.2, 0) is 0 Å². The zero-order chi connectivity index (χ0) is 12.8. The van der Waals surface area contributed by atoms with E-state index in [0.717, 1.165) is 12.2 Å². The lowest BCUT2D eigenvalue weighted by molar-refractivity contribution is 0.626. The lowest BCUT2D eigenvalue weighted by atomic mass is 10.1. The van der Waals surface area contributed by atoms with Gasteiger partial charge in [0.25, 0.3) is 0 Å². The van der Waals surface area contributed by atoms with Crippen molar-refractivity contribution in [3.8, 4) is 0 Å². The highest BCUT2D eigenvalue weighted by atomic mass is 15.1. The van der Waals surface area contributed by atoms with E-state index in [2.05, 4.69) is 44.7 Å². The first-order valence-corrected chi connectivity index (χ1v) is 6.69. The minimum absolute atomic E-state index is 0.537. The Morgan fingerprint density at radius 3 is 2.47 bits per heavy atom. The molecule has 0 saturated heterocycles. The van der Waals surface area contributed by atoms with Gasteiger partial charge in [-0.25, -0.2) is 0 Å². The van der Waals surface area contributed by atoms with Crippen LogP contribution < -0.4 is 10.6 Å². The highest BCUT2D eigenvalue weighted by Gasteiger charge is 2.10. The van der Waals surface area contributed by atoms with E-state index in [0.29, 0.717) is 6.04 Å². The summed E-state index contributed by atoms with van der Waals surface area (Å²) in [5, 5.41) is 0. The van der Waals surface area contributed by atoms with Crippen LogP contribution in [0.5, 0.6) is 0 Å². The number of nitrogen functional groups attached to an aromatic ring is 1. The van der Waals surface area contributed by atoms with Crippen molar-refractivity contribution in [2.75, 3.05) is 17.2 Å². The normalized spacial score (nSPS) is 10.9. The smallest absolute Gasteiger partial charge is 0.0372 e. The zero-order valence-electron chi connectivity index (χ0n) is 11.7. The van der Waals surface area contributed by atoms with E-state index in [1.807, 2.05) is 6.07 Å². The van der Waals surface area contributed by atoms with Crippen LogP contribution in [0.1, 0.15) is 45.6 Å². The molecule has 0 bridgehead atoms. The second kappa shape index (κ2) is 6.53. The van der Waals surface area contributed by atoms with Crippen LogP contribution in [0.25, 0.3) is 0 Å². The molecule has 0 aliphatic carbocycles. The standard InChI is InChI=1S/C15H26N2/c1-5-6-7-10-17(12(2)3)14-8-9-15(16)13(4)11-14/h8-9,11-12H,5-7,10,16H2,1-4H3. The van der Waals surface area contributed by atoms with Gasteiger partial charge in [0.1, 0.15) is 0 Å². The molecule has 17 heavy (non-hydrogen) atoms. The molecule has 2 nitrogen and oxygen atoms in total. The van der Waals surface area contributed by atoms with Gasteiger partial charge in [0.15, 0.2) is 0 Å². The van der Waals surface area contributed by atoms with Crippen LogP contribution in [0.2, 0.25) is 0 Å². The molecule has 0 unspecified atom stereocenters. The molecule has 1 rings (SSSR count). The van der Waals surface area contributed by atoms with E-state index in [-0.39, 0.29) is 0 Å². The molecule has 0 aliphatic heterocycles. The fraction of sp³-hybridized carbons (Fsp3) is 0.600. The fourth-order valence-electron chi connectivity index (χ4n) is 2.06. The fourth-order valence-corrected chi connectivity index (χ4v) is 2.06. The van der Waals surface area contributed by atoms with Crippen LogP contribution in [0.4, 0.5) is 11.4 Å². The maximum atomic E-state index is 5.87. The first-order chi connectivity index (χ1) is 8.06. The third-order valence-electron chi connectivity index (χ3n) is 3.21. The molecule has 0 amide bonds. The Morgan fingerprint density at radius 2 is 1.94 bits per heavy atom. The number of benzene rings is 1. The second-order valence-corrected chi connectivity index (χ2v) is 5.04. The Labute approximate surface area is 106 Å². The molecule has 2 N–H and O–H groups in total. The summed E-state index contributed by atoms with van der Waals surface area (Å²) in [6.07, 6.45) is 3.84. The third kappa shape index (κ3) is 3.95. The van der Waals surface area contributed by atoms with Gasteiger partial charge in [-0.15, -0.1) is 0 Å². The van der Waals surface area contributed by atoms with Crippen molar-refractivity contribution < 1.29 is 0 Å². The van der Waals surface area contributed by atoms with Crippen molar-refractivity contribution in [3.63, 3.8) is 0 Å². The topological polar surface area (TPSA) is 29.3 Å². The Morgan fingerprint density at radius 1 is 1.24 bits per heavy atom. The summed E-state index contributed by atoms with van der Waals surface area (Å²) in [6, 6.07) is 6.88. The summed E-state index contributed by atoms with van der Waals surface area (Å²) in [5.41, 5.74) is 9.21. The molecule has 0 aromatic heterocycles. The van der Waals surface area contributed by atoms with Gasteiger partial charge in [0.05, 0.1) is 0 Å². The van der Waals surface area contributed by atoms with Gasteiger partial charge in [0.2, 0.25) is 0 Å². The zero-order valence-corrected chi connectivity index (χ0v) is 11.7. The Balaban J connectivity index is 2.78. The van der Waals surface area contributed by atoms with Crippen molar-refractivity contribution in [1.29, 1.82) is 0 Å². The van der Waals surface area contributed by atoms with Crippen molar-refractivity contribution in [2.24, 2.45) is 0 Å². The number of aryl methyl sites for hydroxylation is 1. The number of nitrogens with two attached hydrogens (primary N) is 1. The summed E-state index contributed by atoms with van der Waals surface area (Å²) in [5.74, 6) is 0. The Bertz CT molecular complexity index is 345. The summed E-state index contributed by atoms with van der Waals surface area (Å²) >= 11 is 0. The number of hydrogen-bond donors (Lipinski definition) is 1. The monoisotopic (exact) mass is 234 g/mol. The number of nitrogens with zero attached hydrogens (tertiary/aromatic N) is 1. The van der Waals surface area contributed by atoms with Gasteiger partial charge < -0.3 is 10.6 Å². The van der Waals surface area contributed by atoms with Gasteiger partial charge in [-0.3, -0.25) is 0 Å². The molecule has 96 valence electrons. The summed E-state index contributed by atoms with van der Waals surface area (Å²) in [4.78, 5) is 2.46. The average molecular weight is 234 g/mol. The molecule has 0 spiro atoms. The van der Waals surface area contributed by atoms with E-state index in [9.17, 15) is 0 Å². The lowest BCUT2D eigenvalue weighted by Gasteiger charge is -2.29. The first kappa shape index (κ1) is 13.9. The van der Waals surface area contributed by atoms with E-state index >= 15 is 0 Å². The van der Waals surface area contributed by atoms with Gasteiger partial charge >= 0.3 is 0 Å². The molecular formula is C15H26N2. The molecule has 0 saturated carbocycles. The van der Waals surface area contributed by atoms with Gasteiger partial charge in [-0.05, 0) is 51.0 Å². The molecule has 0 radical (unpaired) electrons. The molecule has 0 heterocycles. The highest BCUT2D eigenvalue weighted by Crippen LogP contribution is 2.22. The molecule has 2 heteroatoms. The van der Waals surface area contributed by atoms with Crippen LogP contribution in [0, 0.1) is 6.92 Å². The number of hydrogen-bond acceptors (Lipinski definition) is 2. The Hall–Kier alpha value is -1.18. The maximum Gasteiger partial charge on any atom is 0.0372 e. The maximum absolute atomic E-state index is 5.87. The van der Waals surface area contributed by atoms with Gasteiger partial charge in [-0.1, -0.05) is 19.8 Å². The van der Waals surface area contributed by atoms with Crippen molar-refractivity contribution in [1.82, 2.24) is 0 Å². The minimum atomic E-state index is 0.537. The van der Waals surface area contributed by atoms with Gasteiger partial charge in [-0.2, -0.15) is 0 Å². The molecule has 1 aromatic carbocycles. The van der Waals surface area contributed by atoms with Crippen LogP contribution in [0.15, 0.2) is 18.2 Å². The molecule has 0 aliphatic rings. The highest BCUT2D eigenvalue weighted by molar-refractivity contribution is 5.58. The van der Waals surface area contributed by atoms with E-state index in [4.69, 9.17) is 5.73 Å². The summed E-state index contributed by atoms with van der Waals surface area (Å²) < 4.78 is 0. The van der Waals surface area contributed by atoms with E-state index in [1.165, 1.54) is 30.5 Å². The SMILES string of the molecule is CCCCCN(c1ccc(N)c(C)c1)C(C)C. The van der Waals surface area contributed by atoms with E-state index < -0.39 is 0 Å². The van der Waals surface area contributed by atoms with Crippen molar-refractivity contribution in [3.05, 3.63) is 23.8 Å². The van der Waals surface area contributed by atoms with Crippen molar-refractivity contribution in [2.45, 2.75) is 53.0 Å². The average Bonchev–Trinajstić information content (AvgIpc) is 2.28. The third-order valence-corrected chi connectivity index (χ3v) is 3.21. The summed E-state index contributed by atoms with van der Waals surface area (Å²) in [7, 11) is 0. The lowest BCUT2D eigenvalue weighted by Crippen LogP contribution is -2.31. The molecule has 1 aromatic rings. The molecular weight excluding hydrogens is 208 g/mol. The minimum Gasteiger partial charge on any atom is -0.399 e. The van der Waals surface area contributed by atoms with Crippen LogP contribution in [0.3, 0.4) is 0 Å².